The van der Waals surface area contributed by atoms with Crippen molar-refractivity contribution in [2.75, 3.05) is 6.54 Å². The fourth-order valence-corrected chi connectivity index (χ4v) is 3.64. The van der Waals surface area contributed by atoms with Crippen molar-refractivity contribution in [1.29, 1.82) is 0 Å². The fourth-order valence-electron chi connectivity index (χ4n) is 2.64. The van der Waals surface area contributed by atoms with Crippen molar-refractivity contribution in [3.05, 3.63) is 55.8 Å². The van der Waals surface area contributed by atoms with E-state index in [0.717, 1.165) is 11.2 Å². The van der Waals surface area contributed by atoms with Crippen LogP contribution >= 0.6 is 11.3 Å². The molecule has 7 heteroatoms. The second-order valence-corrected chi connectivity index (χ2v) is 6.55. The van der Waals surface area contributed by atoms with Crippen LogP contribution in [-0.2, 0) is 4.79 Å². The van der Waals surface area contributed by atoms with Crippen molar-refractivity contribution >= 4 is 34.4 Å². The molecule has 0 saturated carbocycles. The summed E-state index contributed by atoms with van der Waals surface area (Å²) in [6.07, 6.45) is 7.32. The average Bonchev–Trinajstić information content (AvgIpc) is 3.21. The summed E-state index contributed by atoms with van der Waals surface area (Å²) in [5.74, 6) is 0.0499. The van der Waals surface area contributed by atoms with Crippen LogP contribution in [0.4, 0.5) is 0 Å². The van der Waals surface area contributed by atoms with E-state index in [1.807, 2.05) is 41.9 Å². The van der Waals surface area contributed by atoms with E-state index < -0.39 is 0 Å². The monoisotopic (exact) mass is 326 g/mol. The summed E-state index contributed by atoms with van der Waals surface area (Å²) in [4.78, 5) is 31.2. The molecule has 1 aliphatic rings. The van der Waals surface area contributed by atoms with E-state index in [1.54, 1.807) is 6.20 Å². The summed E-state index contributed by atoms with van der Waals surface area (Å²) in [6, 6.07) is 3.63. The summed E-state index contributed by atoms with van der Waals surface area (Å²) in [6.45, 7) is 2.32. The molecule has 1 fully saturated rings. The maximum atomic E-state index is 12.2. The second-order valence-electron chi connectivity index (χ2n) is 5.49. The van der Waals surface area contributed by atoms with Crippen LogP contribution in [0, 0.1) is 0 Å². The lowest BCUT2D eigenvalue weighted by molar-refractivity contribution is -0.114. The molecule has 0 aromatic carbocycles. The van der Waals surface area contributed by atoms with Gasteiger partial charge in [-0.25, -0.2) is 4.98 Å². The number of nitrogens with zero attached hydrogens (tertiary/aromatic N) is 2. The minimum Gasteiger partial charge on any atom is -0.312 e. The third-order valence-corrected chi connectivity index (χ3v) is 5.00. The number of nitrogens with one attached hydrogen (secondary N) is 2. The molecule has 0 radical (unpaired) electrons. The molecule has 0 amide bonds. The van der Waals surface area contributed by atoms with Gasteiger partial charge in [-0.1, -0.05) is 0 Å². The maximum Gasteiger partial charge on any atom is 0.266 e. The van der Waals surface area contributed by atoms with Crippen LogP contribution in [-0.4, -0.2) is 32.7 Å². The number of carbonyl (C=O) groups excluding carboxylic acids is 1. The molecule has 4 heterocycles. The van der Waals surface area contributed by atoms with Crippen molar-refractivity contribution in [3.8, 4) is 0 Å². The summed E-state index contributed by atoms with van der Waals surface area (Å²) in [7, 11) is 0. The second kappa shape index (κ2) is 5.29. The Kier molecular flexibility index (Phi) is 3.24. The molecule has 23 heavy (non-hydrogen) atoms. The molecule has 3 aromatic heterocycles. The molecule has 0 bridgehead atoms. The minimum atomic E-state index is -0.188. The number of pyridine rings is 1. The Bertz CT molecular complexity index is 1090. The van der Waals surface area contributed by atoms with Crippen LogP contribution in [0.5, 0.6) is 0 Å². The zero-order chi connectivity index (χ0) is 16.0. The number of H-pyrrole nitrogens is 1. The molecule has 2 N–H and O–H groups in total. The number of fused-ring (bicyclic) bond motifs is 1. The highest BCUT2D eigenvalue weighted by Gasteiger charge is 2.25. The van der Waals surface area contributed by atoms with Gasteiger partial charge in [0, 0.05) is 30.7 Å². The van der Waals surface area contributed by atoms with Crippen molar-refractivity contribution in [1.82, 2.24) is 19.7 Å². The van der Waals surface area contributed by atoms with Crippen LogP contribution in [0.2, 0.25) is 0 Å². The van der Waals surface area contributed by atoms with E-state index in [2.05, 4.69) is 15.3 Å². The third-order valence-electron chi connectivity index (χ3n) is 3.92. The first-order valence-corrected chi connectivity index (χ1v) is 8.08. The van der Waals surface area contributed by atoms with Gasteiger partial charge in [0.2, 0.25) is 0 Å². The molecule has 1 unspecified atom stereocenters. The van der Waals surface area contributed by atoms with Crippen LogP contribution < -0.4 is 20.1 Å². The van der Waals surface area contributed by atoms with Gasteiger partial charge in [0.15, 0.2) is 5.78 Å². The predicted octanol–water partition coefficient (Wildman–Crippen LogP) is -0.376. The Hall–Kier alpha value is -2.51. The molecule has 4 rings (SSSR count). The van der Waals surface area contributed by atoms with E-state index in [9.17, 15) is 9.59 Å². The summed E-state index contributed by atoms with van der Waals surface area (Å²) in [5, 5.41) is 3.09. The number of carbonyl (C=O) groups is 1. The van der Waals surface area contributed by atoms with E-state index >= 15 is 0 Å². The van der Waals surface area contributed by atoms with E-state index in [1.165, 1.54) is 11.3 Å². The largest absolute Gasteiger partial charge is 0.312 e. The van der Waals surface area contributed by atoms with Crippen LogP contribution in [0.3, 0.4) is 0 Å². The van der Waals surface area contributed by atoms with Crippen LogP contribution in [0.15, 0.2) is 35.5 Å². The highest BCUT2D eigenvalue weighted by atomic mass is 32.1. The molecule has 1 aliphatic heterocycles. The number of hydrogen-bond acceptors (Lipinski definition) is 5. The van der Waals surface area contributed by atoms with Gasteiger partial charge in [0.25, 0.3) is 5.56 Å². The number of aromatic nitrogens is 3. The van der Waals surface area contributed by atoms with Gasteiger partial charge in [0.1, 0.15) is 10.3 Å². The summed E-state index contributed by atoms with van der Waals surface area (Å²) in [5.41, 5.74) is 2.25. The number of thiazole rings is 1. The SMILES string of the molecule is CC1NC/C(=c2/[nH]c(=O)/c(=C/c3ccc4nccn4c3)s2)C1=O. The topological polar surface area (TPSA) is 79.3 Å². The molecule has 1 saturated heterocycles. The Morgan fingerprint density at radius 3 is 3.04 bits per heavy atom. The number of hydrogen-bond donors (Lipinski definition) is 2. The lowest BCUT2D eigenvalue weighted by Crippen LogP contribution is -2.22. The molecule has 3 aromatic rings. The number of aromatic amines is 1. The smallest absolute Gasteiger partial charge is 0.266 e. The van der Waals surface area contributed by atoms with Gasteiger partial charge in [-0.3, -0.25) is 9.59 Å². The highest BCUT2D eigenvalue weighted by Crippen LogP contribution is 2.07. The predicted molar refractivity (Wildman–Crippen MR) is 88.8 cm³/mol. The van der Waals surface area contributed by atoms with Crippen LogP contribution in [0.1, 0.15) is 12.5 Å². The molecule has 0 aliphatic carbocycles. The van der Waals surface area contributed by atoms with Gasteiger partial charge in [-0.05, 0) is 30.7 Å². The van der Waals surface area contributed by atoms with E-state index in [0.29, 0.717) is 21.3 Å². The van der Waals surface area contributed by atoms with Crippen molar-refractivity contribution < 1.29 is 4.79 Å². The number of imidazole rings is 1. The molecule has 116 valence electrons. The summed E-state index contributed by atoms with van der Waals surface area (Å²) < 4.78 is 3.13. The fraction of sp³-hybridized carbons (Fsp3) is 0.188. The number of ketones is 1. The maximum absolute atomic E-state index is 12.2. The van der Waals surface area contributed by atoms with Crippen LogP contribution in [0.25, 0.3) is 17.3 Å². The lowest BCUT2D eigenvalue weighted by Gasteiger charge is -1.95. The first kappa shape index (κ1) is 14.1. The first-order valence-electron chi connectivity index (χ1n) is 7.26. The zero-order valence-electron chi connectivity index (χ0n) is 12.4. The van der Waals surface area contributed by atoms with Gasteiger partial charge in [-0.15, -0.1) is 11.3 Å². The van der Waals surface area contributed by atoms with Gasteiger partial charge >= 0.3 is 0 Å². The Labute approximate surface area is 134 Å². The van der Waals surface area contributed by atoms with Gasteiger partial charge < -0.3 is 14.7 Å². The molecular weight excluding hydrogens is 312 g/mol. The standard InChI is InChI=1S/C16H14N4O2S/c1-9-14(21)11(7-18-9)16-19-15(22)12(23-16)6-10-2-3-13-17-4-5-20(13)8-10/h2-6,8-9,18H,7H2,1H3,(H,19,22)/b12-6-,16-11+. The quantitative estimate of drug-likeness (QED) is 0.639. The van der Waals surface area contributed by atoms with E-state index in [-0.39, 0.29) is 17.4 Å². The van der Waals surface area contributed by atoms with Gasteiger partial charge in [0.05, 0.1) is 10.6 Å². The molecule has 1 atom stereocenters. The molecule has 6 nitrogen and oxygen atoms in total. The lowest BCUT2D eigenvalue weighted by atomic mass is 10.2. The third kappa shape index (κ3) is 2.43. The average molecular weight is 326 g/mol. The van der Waals surface area contributed by atoms with Gasteiger partial charge in [-0.2, -0.15) is 0 Å². The van der Waals surface area contributed by atoms with Crippen molar-refractivity contribution in [3.63, 3.8) is 0 Å². The van der Waals surface area contributed by atoms with Crippen molar-refractivity contribution in [2.45, 2.75) is 13.0 Å². The molecule has 0 spiro atoms. The number of Topliss-reactive ketones (excluding diaryl/α,β-unsaturated/α-hetero) is 1. The van der Waals surface area contributed by atoms with E-state index in [4.69, 9.17) is 0 Å². The summed E-state index contributed by atoms with van der Waals surface area (Å²) >= 11 is 1.32. The minimum absolute atomic E-state index is 0.0499. The number of rotatable bonds is 1. The Morgan fingerprint density at radius 2 is 2.26 bits per heavy atom. The first-order chi connectivity index (χ1) is 11.1. The van der Waals surface area contributed by atoms with Crippen molar-refractivity contribution in [2.24, 2.45) is 0 Å². The normalized spacial score (nSPS) is 21.5. The Morgan fingerprint density at radius 1 is 1.39 bits per heavy atom. The Balaban J connectivity index is 1.85. The molecular formula is C16H14N4O2S. The zero-order valence-corrected chi connectivity index (χ0v) is 13.2. The highest BCUT2D eigenvalue weighted by molar-refractivity contribution is 7.07.